The molecule has 114 valence electrons. The van der Waals surface area contributed by atoms with Gasteiger partial charge >= 0.3 is 11.9 Å². The van der Waals surface area contributed by atoms with Crippen molar-refractivity contribution in [3.05, 3.63) is 40.9 Å². The van der Waals surface area contributed by atoms with Gasteiger partial charge in [0, 0.05) is 12.0 Å². The summed E-state index contributed by atoms with van der Waals surface area (Å²) in [6, 6.07) is 4.01. The molecule has 0 radical (unpaired) electrons. The van der Waals surface area contributed by atoms with E-state index in [4.69, 9.17) is 16.3 Å². The van der Waals surface area contributed by atoms with Gasteiger partial charge in [-0.1, -0.05) is 18.2 Å². The fourth-order valence-corrected chi connectivity index (χ4v) is 1.35. The number of benzene rings is 1. The van der Waals surface area contributed by atoms with Crippen LogP contribution in [0.15, 0.2) is 30.4 Å². The van der Waals surface area contributed by atoms with Gasteiger partial charge in [-0.25, -0.2) is 9.59 Å². The second-order valence-electron chi connectivity index (χ2n) is 4.13. The summed E-state index contributed by atoms with van der Waals surface area (Å²) < 4.78 is 4.96. The van der Waals surface area contributed by atoms with Crippen LogP contribution < -0.4 is 0 Å². The van der Waals surface area contributed by atoms with Crippen LogP contribution in [-0.4, -0.2) is 30.3 Å². The average Bonchev–Trinajstić information content (AvgIpc) is 2.44. The molecule has 0 saturated carbocycles. The van der Waals surface area contributed by atoms with Crippen LogP contribution in [0.3, 0.4) is 0 Å². The van der Waals surface area contributed by atoms with E-state index in [-0.39, 0.29) is 35.1 Å². The molecule has 0 aliphatic carbocycles. The number of esters is 1. The molecule has 0 aliphatic rings. The minimum atomic E-state index is -0.647. The number of phenols is 1. The first-order valence-corrected chi connectivity index (χ1v) is 6.44. The number of ether oxygens (including phenoxy) is 1. The number of carbonyl (C=O) groups is 2. The van der Waals surface area contributed by atoms with Crippen LogP contribution in [0.1, 0.15) is 23.7 Å². The van der Waals surface area contributed by atoms with E-state index in [0.717, 1.165) is 0 Å². The first kappa shape index (κ1) is 17.0. The van der Waals surface area contributed by atoms with Crippen molar-refractivity contribution < 1.29 is 29.2 Å². The number of aromatic hydroxyl groups is 1. The quantitative estimate of drug-likeness (QED) is 0.274. The predicted octanol–water partition coefficient (Wildman–Crippen LogP) is 2.64. The molecule has 0 fully saturated rings. The lowest BCUT2D eigenvalue weighted by molar-refractivity contribution is -0.269. The average molecular weight is 315 g/mol. The van der Waals surface area contributed by atoms with Gasteiger partial charge in [-0.2, -0.15) is 4.89 Å². The fourth-order valence-electron chi connectivity index (χ4n) is 1.17. The fraction of sp³-hybridized carbons (Fsp3) is 0.286. The molecule has 1 aromatic rings. The summed E-state index contributed by atoms with van der Waals surface area (Å²) in [4.78, 5) is 31.6. The van der Waals surface area contributed by atoms with Crippen LogP contribution in [-0.2, 0) is 19.3 Å². The second-order valence-corrected chi connectivity index (χ2v) is 4.54. The normalized spacial score (nSPS) is 10.0. The summed E-state index contributed by atoms with van der Waals surface area (Å²) >= 11 is 5.68. The highest BCUT2D eigenvalue weighted by atomic mass is 35.5. The number of hydrogen-bond donors (Lipinski definition) is 1. The molecule has 0 aromatic heterocycles. The Morgan fingerprint density at radius 1 is 1.33 bits per heavy atom. The summed E-state index contributed by atoms with van der Waals surface area (Å²) in [5.41, 5.74) is 0.457. The molecule has 0 unspecified atom stereocenters. The molecule has 21 heavy (non-hydrogen) atoms. The van der Waals surface area contributed by atoms with Gasteiger partial charge in [0.1, 0.15) is 5.75 Å². The van der Waals surface area contributed by atoms with Gasteiger partial charge in [0.2, 0.25) is 0 Å². The molecule has 1 rings (SSSR count). The van der Waals surface area contributed by atoms with Crippen molar-refractivity contribution in [1.82, 2.24) is 0 Å². The van der Waals surface area contributed by atoms with Crippen molar-refractivity contribution in [2.75, 3.05) is 13.2 Å². The SMILES string of the molecule is C=C(C)C(=O)OOCCCOC(=O)c1ccc(O)c(Cl)c1. The minimum absolute atomic E-state index is 0.0690. The number of hydrogen-bond acceptors (Lipinski definition) is 6. The third-order valence-electron chi connectivity index (χ3n) is 2.27. The molecule has 0 amide bonds. The maximum atomic E-state index is 11.6. The van der Waals surface area contributed by atoms with Crippen molar-refractivity contribution in [2.45, 2.75) is 13.3 Å². The van der Waals surface area contributed by atoms with Gasteiger partial charge in [-0.3, -0.25) is 4.89 Å². The summed E-state index contributed by atoms with van der Waals surface area (Å²) in [6.45, 7) is 5.06. The topological polar surface area (TPSA) is 82.1 Å². The summed E-state index contributed by atoms with van der Waals surface area (Å²) in [7, 11) is 0. The van der Waals surface area contributed by atoms with Crippen LogP contribution in [0, 0.1) is 0 Å². The number of phenolic OH excluding ortho intramolecular Hbond substituents is 1. The molecule has 0 saturated heterocycles. The Morgan fingerprint density at radius 3 is 2.67 bits per heavy atom. The van der Waals surface area contributed by atoms with Gasteiger partial charge in [-0.05, 0) is 25.1 Å². The molecule has 1 N–H and O–H groups in total. The van der Waals surface area contributed by atoms with E-state index in [9.17, 15) is 14.7 Å². The monoisotopic (exact) mass is 314 g/mol. The standard InChI is InChI=1S/C14H15ClO6/c1-9(2)13(17)21-20-7-3-6-19-14(18)10-4-5-12(16)11(15)8-10/h4-5,8,16H,1,3,6-7H2,2H3. The van der Waals surface area contributed by atoms with Gasteiger partial charge < -0.3 is 9.84 Å². The van der Waals surface area contributed by atoms with E-state index in [1.807, 2.05) is 0 Å². The molecule has 0 atom stereocenters. The molecule has 0 spiro atoms. The molecular weight excluding hydrogens is 300 g/mol. The lowest BCUT2D eigenvalue weighted by Gasteiger charge is -2.06. The Kier molecular flexibility index (Phi) is 6.71. The van der Waals surface area contributed by atoms with Crippen LogP contribution in [0.5, 0.6) is 5.75 Å². The largest absolute Gasteiger partial charge is 0.506 e. The zero-order valence-corrected chi connectivity index (χ0v) is 12.2. The zero-order valence-electron chi connectivity index (χ0n) is 11.4. The van der Waals surface area contributed by atoms with Crippen LogP contribution in [0.2, 0.25) is 5.02 Å². The Balaban J connectivity index is 2.23. The number of halogens is 1. The van der Waals surface area contributed by atoms with Crippen LogP contribution >= 0.6 is 11.6 Å². The highest BCUT2D eigenvalue weighted by Crippen LogP contribution is 2.23. The van der Waals surface area contributed by atoms with E-state index in [1.54, 1.807) is 0 Å². The van der Waals surface area contributed by atoms with E-state index >= 15 is 0 Å². The maximum Gasteiger partial charge on any atom is 0.368 e. The third-order valence-corrected chi connectivity index (χ3v) is 2.57. The molecule has 0 bridgehead atoms. The first-order chi connectivity index (χ1) is 9.91. The number of rotatable bonds is 7. The Hall–Kier alpha value is -2.05. The molecule has 1 aromatic carbocycles. The highest BCUT2D eigenvalue weighted by molar-refractivity contribution is 6.32. The van der Waals surface area contributed by atoms with Crippen LogP contribution in [0.4, 0.5) is 0 Å². The smallest absolute Gasteiger partial charge is 0.368 e. The third kappa shape index (κ3) is 5.85. The van der Waals surface area contributed by atoms with E-state index < -0.39 is 11.9 Å². The van der Waals surface area contributed by atoms with E-state index in [0.29, 0.717) is 6.42 Å². The maximum absolute atomic E-state index is 11.6. The zero-order chi connectivity index (χ0) is 15.8. The van der Waals surface area contributed by atoms with E-state index in [2.05, 4.69) is 16.4 Å². The predicted molar refractivity (Wildman–Crippen MR) is 74.9 cm³/mol. The first-order valence-electron chi connectivity index (χ1n) is 6.06. The van der Waals surface area contributed by atoms with Crippen molar-refractivity contribution >= 4 is 23.5 Å². The minimum Gasteiger partial charge on any atom is -0.506 e. The molecule has 0 heterocycles. The lowest BCUT2D eigenvalue weighted by Crippen LogP contribution is -2.10. The van der Waals surface area contributed by atoms with E-state index in [1.165, 1.54) is 25.1 Å². The summed E-state index contributed by atoms with van der Waals surface area (Å²) in [6.07, 6.45) is 0.348. The lowest BCUT2D eigenvalue weighted by atomic mass is 10.2. The molecule has 0 aliphatic heterocycles. The van der Waals surface area contributed by atoms with Crippen molar-refractivity contribution in [1.29, 1.82) is 0 Å². The summed E-state index contributed by atoms with van der Waals surface area (Å²) in [5, 5.41) is 9.30. The van der Waals surface area contributed by atoms with Gasteiger partial charge in [0.25, 0.3) is 0 Å². The molecule has 6 nitrogen and oxygen atoms in total. The highest BCUT2D eigenvalue weighted by Gasteiger charge is 2.10. The molecule has 7 heteroatoms. The van der Waals surface area contributed by atoms with Crippen molar-refractivity contribution in [2.24, 2.45) is 0 Å². The molecular formula is C14H15ClO6. The van der Waals surface area contributed by atoms with Gasteiger partial charge in [-0.15, -0.1) is 0 Å². The Morgan fingerprint density at radius 2 is 2.05 bits per heavy atom. The van der Waals surface area contributed by atoms with Crippen molar-refractivity contribution in [3.63, 3.8) is 0 Å². The van der Waals surface area contributed by atoms with Gasteiger partial charge in [0.05, 0.1) is 23.8 Å². The Bertz CT molecular complexity index is 540. The van der Waals surface area contributed by atoms with Crippen LogP contribution in [0.25, 0.3) is 0 Å². The van der Waals surface area contributed by atoms with Crippen molar-refractivity contribution in [3.8, 4) is 5.75 Å². The second kappa shape index (κ2) is 8.28. The Labute approximate surface area is 126 Å². The van der Waals surface area contributed by atoms with Gasteiger partial charge in [0.15, 0.2) is 0 Å². The number of carbonyl (C=O) groups excluding carboxylic acids is 2. The summed E-state index contributed by atoms with van der Waals surface area (Å²) in [5.74, 6) is -1.33.